The van der Waals surface area contributed by atoms with Gasteiger partial charge in [0, 0.05) is 18.0 Å². The first-order valence-electron chi connectivity index (χ1n) is 6.10. The van der Waals surface area contributed by atoms with Crippen molar-refractivity contribution in [2.45, 2.75) is 25.5 Å². The highest BCUT2D eigenvalue weighted by Crippen LogP contribution is 2.23. The zero-order valence-corrected chi connectivity index (χ0v) is 12.9. The molecule has 0 radical (unpaired) electrons. The number of hydrogen-bond acceptors (Lipinski definition) is 5. The normalized spacial score (nSPS) is 11.2. The van der Waals surface area contributed by atoms with Crippen molar-refractivity contribution in [2.75, 3.05) is 0 Å². The number of nitrogens with zero attached hydrogens (tertiary/aromatic N) is 1. The number of rotatable bonds is 2. The van der Waals surface area contributed by atoms with Gasteiger partial charge in [-0.2, -0.15) is 39.5 Å². The molecule has 1 heterocycles. The molecule has 0 atom stereocenters. The molecule has 0 aliphatic heterocycles. The van der Waals surface area contributed by atoms with Gasteiger partial charge in [0.2, 0.25) is 6.29 Å². The van der Waals surface area contributed by atoms with E-state index in [1.165, 1.54) is 6.92 Å². The minimum atomic E-state index is -5.77. The maximum absolute atomic E-state index is 11.2. The molecule has 1 aromatic rings. The van der Waals surface area contributed by atoms with Crippen LogP contribution in [0.15, 0.2) is 24.5 Å². The molecular weight excluding hydrogens is 405 g/mol. The van der Waals surface area contributed by atoms with Crippen molar-refractivity contribution in [1.82, 2.24) is 4.98 Å². The smallest absolute Gasteiger partial charge is 0.294 e. The fourth-order valence-electron chi connectivity index (χ4n) is 0.828. The molecule has 0 bridgehead atoms. The van der Waals surface area contributed by atoms with Crippen LogP contribution in [0.25, 0.3) is 0 Å². The highest BCUT2D eigenvalue weighted by atomic mass is 19.4. The van der Waals surface area contributed by atoms with E-state index in [1.54, 1.807) is 24.5 Å². The molecule has 5 nitrogen and oxygen atoms in total. The van der Waals surface area contributed by atoms with Gasteiger partial charge in [-0.1, -0.05) is 0 Å². The molecule has 0 aromatic carbocycles. The van der Waals surface area contributed by atoms with E-state index in [2.05, 4.69) is 4.98 Å². The van der Waals surface area contributed by atoms with Crippen LogP contribution in [0, 0.1) is 0 Å². The summed E-state index contributed by atoms with van der Waals surface area (Å²) in [4.78, 5) is 42.3. The van der Waals surface area contributed by atoms with Crippen LogP contribution < -0.4 is 0 Å². The molecule has 1 aromatic heterocycles. The summed E-state index contributed by atoms with van der Waals surface area (Å²) >= 11 is 0. The van der Waals surface area contributed by atoms with Crippen molar-refractivity contribution < 1.29 is 58.7 Å². The first kappa shape index (κ1) is 26.4. The van der Waals surface area contributed by atoms with Crippen LogP contribution in [-0.2, 0) is 14.4 Å². The number of carbonyl (C=O) groups is 4. The number of halogens is 9. The van der Waals surface area contributed by atoms with Gasteiger partial charge in [-0.3, -0.25) is 24.2 Å². The lowest BCUT2D eigenvalue weighted by Gasteiger charge is -2.05. The van der Waals surface area contributed by atoms with Gasteiger partial charge in [-0.05, 0) is 19.1 Å². The van der Waals surface area contributed by atoms with E-state index in [9.17, 15) is 53.9 Å². The van der Waals surface area contributed by atoms with Crippen molar-refractivity contribution in [1.29, 1.82) is 0 Å². The Kier molecular flexibility index (Phi) is 10.2. The van der Waals surface area contributed by atoms with Crippen LogP contribution in [0.1, 0.15) is 17.3 Å². The molecule has 14 heteroatoms. The van der Waals surface area contributed by atoms with Gasteiger partial charge < -0.3 is 0 Å². The molecule has 0 fully saturated rings. The first-order valence-corrected chi connectivity index (χ1v) is 6.10. The fraction of sp³-hybridized carbons (Fsp3) is 0.308. The van der Waals surface area contributed by atoms with E-state index in [-0.39, 0.29) is 5.78 Å². The SMILES string of the molecule is CC(=O)c1cccnc1.O=C(C(=O)C(F)(F)F)C(F)(F)F.O=CC(F)(F)F. The van der Waals surface area contributed by atoms with Gasteiger partial charge in [-0.15, -0.1) is 0 Å². The molecule has 0 unspecified atom stereocenters. The van der Waals surface area contributed by atoms with Crippen LogP contribution in [-0.4, -0.2) is 47.1 Å². The number of aldehydes is 1. The van der Waals surface area contributed by atoms with Gasteiger partial charge in [0.25, 0.3) is 0 Å². The maximum Gasteiger partial charge on any atom is 0.458 e. The van der Waals surface area contributed by atoms with Crippen molar-refractivity contribution >= 4 is 23.6 Å². The molecule has 0 spiro atoms. The summed E-state index contributed by atoms with van der Waals surface area (Å²) in [5, 5.41) is 0. The third-order valence-corrected chi connectivity index (χ3v) is 1.92. The lowest BCUT2D eigenvalue weighted by molar-refractivity contribution is -0.193. The monoisotopic (exact) mass is 413 g/mol. The number of pyridine rings is 1. The summed E-state index contributed by atoms with van der Waals surface area (Å²) in [6.45, 7) is 1.52. The first-order chi connectivity index (χ1) is 11.9. The topological polar surface area (TPSA) is 81.2 Å². The lowest BCUT2D eigenvalue weighted by Crippen LogP contribution is -2.39. The molecule has 27 heavy (non-hydrogen) atoms. The van der Waals surface area contributed by atoms with Crippen LogP contribution in [0.4, 0.5) is 39.5 Å². The van der Waals surface area contributed by atoms with Gasteiger partial charge in [0.1, 0.15) is 0 Å². The van der Waals surface area contributed by atoms with Gasteiger partial charge in [-0.25, -0.2) is 0 Å². The zero-order valence-electron chi connectivity index (χ0n) is 12.9. The molecule has 0 aliphatic rings. The molecule has 0 N–H and O–H groups in total. The number of ketones is 3. The molecule has 1 rings (SSSR count). The highest BCUT2D eigenvalue weighted by molar-refractivity contribution is 6.41. The summed E-state index contributed by atoms with van der Waals surface area (Å²) in [6.07, 6.45) is -14.0. The van der Waals surface area contributed by atoms with E-state index in [4.69, 9.17) is 4.79 Å². The van der Waals surface area contributed by atoms with E-state index >= 15 is 0 Å². The summed E-state index contributed by atoms with van der Waals surface area (Å²) in [6, 6.07) is 3.49. The summed E-state index contributed by atoms with van der Waals surface area (Å²) < 4.78 is 98.2. The second-order valence-electron chi connectivity index (χ2n) is 4.11. The molecule has 0 saturated carbocycles. The third kappa shape index (κ3) is 13.1. The quantitative estimate of drug-likeness (QED) is 0.322. The second kappa shape index (κ2) is 10.4. The predicted octanol–water partition coefficient (Wildman–Crippen LogP) is 3.28. The second-order valence-corrected chi connectivity index (χ2v) is 4.11. The van der Waals surface area contributed by atoms with Gasteiger partial charge >= 0.3 is 30.1 Å². The van der Waals surface area contributed by atoms with Crippen LogP contribution in [0.5, 0.6) is 0 Å². The van der Waals surface area contributed by atoms with Crippen molar-refractivity contribution in [3.8, 4) is 0 Å². The van der Waals surface area contributed by atoms with Crippen LogP contribution >= 0.6 is 0 Å². The van der Waals surface area contributed by atoms with E-state index in [0.29, 0.717) is 5.56 Å². The Morgan fingerprint density at radius 1 is 0.889 bits per heavy atom. The average Bonchev–Trinajstić information content (AvgIpc) is 2.53. The maximum atomic E-state index is 11.2. The zero-order chi connectivity index (χ0) is 22.1. The minimum Gasteiger partial charge on any atom is -0.294 e. The van der Waals surface area contributed by atoms with Crippen LogP contribution in [0.2, 0.25) is 0 Å². The summed E-state index contributed by atoms with van der Waals surface area (Å²) in [7, 11) is 0. The van der Waals surface area contributed by atoms with E-state index in [1.807, 2.05) is 0 Å². The highest BCUT2D eigenvalue weighted by Gasteiger charge is 2.54. The Hall–Kier alpha value is -2.80. The molecule has 152 valence electrons. The Bertz CT molecular complexity index is 624. The van der Waals surface area contributed by atoms with Crippen molar-refractivity contribution in [3.05, 3.63) is 30.1 Å². The lowest BCUT2D eigenvalue weighted by atomic mass is 10.2. The van der Waals surface area contributed by atoms with Crippen molar-refractivity contribution in [3.63, 3.8) is 0 Å². The standard InChI is InChI=1S/C7H7NO.C4F6O2.C2HF3O/c1-6(9)7-3-2-4-8-5-7;5-3(6,7)1(11)2(12)4(8,9)10;3-2(4,5)1-6/h2-5H,1H3;;1H. The minimum absolute atomic E-state index is 0.0584. The molecule has 0 saturated heterocycles. The predicted molar refractivity (Wildman–Crippen MR) is 68.5 cm³/mol. The summed E-state index contributed by atoms with van der Waals surface area (Å²) in [5.41, 5.74) is 0.664. The number of Topliss-reactive ketones (excluding diaryl/α,β-unsaturated/α-hetero) is 3. The van der Waals surface area contributed by atoms with Gasteiger partial charge in [0.05, 0.1) is 0 Å². The van der Waals surface area contributed by atoms with Crippen LogP contribution in [0.3, 0.4) is 0 Å². The Labute approximate surface area is 144 Å². The largest absolute Gasteiger partial charge is 0.458 e. The Morgan fingerprint density at radius 2 is 1.26 bits per heavy atom. The average molecular weight is 413 g/mol. The third-order valence-electron chi connectivity index (χ3n) is 1.92. The fourth-order valence-corrected chi connectivity index (χ4v) is 0.828. The number of alkyl halides is 9. The number of carbonyl (C=O) groups excluding carboxylic acids is 4. The number of hydrogen-bond donors (Lipinski definition) is 0. The van der Waals surface area contributed by atoms with E-state index < -0.39 is 36.4 Å². The van der Waals surface area contributed by atoms with Crippen molar-refractivity contribution in [2.24, 2.45) is 0 Å². The van der Waals surface area contributed by atoms with Gasteiger partial charge in [0.15, 0.2) is 5.78 Å². The number of aromatic nitrogens is 1. The van der Waals surface area contributed by atoms with E-state index in [0.717, 1.165) is 0 Å². The molecule has 0 amide bonds. The molecule has 0 aliphatic carbocycles. The summed E-state index contributed by atoms with van der Waals surface area (Å²) in [5.74, 6) is -6.76. The molecular formula is C13H8F9NO4. The Balaban J connectivity index is 0. The Morgan fingerprint density at radius 3 is 1.41 bits per heavy atom.